The van der Waals surface area contributed by atoms with Crippen LogP contribution in [0, 0.1) is 0 Å². The summed E-state index contributed by atoms with van der Waals surface area (Å²) in [5, 5.41) is 1.82. The van der Waals surface area contributed by atoms with Crippen LogP contribution in [0.25, 0.3) is 0 Å². The second-order valence-electron chi connectivity index (χ2n) is 4.45. The van der Waals surface area contributed by atoms with Crippen LogP contribution in [0.15, 0.2) is 74.2 Å². The van der Waals surface area contributed by atoms with Crippen LogP contribution in [0.2, 0.25) is 0 Å². The molecule has 1 heterocycles. The molecule has 0 atom stereocenters. The summed E-state index contributed by atoms with van der Waals surface area (Å²) in [5.74, 6) is -5.95. The lowest BCUT2D eigenvalue weighted by Gasteiger charge is -2.27. The van der Waals surface area contributed by atoms with Gasteiger partial charge in [-0.05, 0) is 45.0 Å². The van der Waals surface area contributed by atoms with E-state index in [9.17, 15) is 0 Å². The molecule has 22 heavy (non-hydrogen) atoms. The summed E-state index contributed by atoms with van der Waals surface area (Å²) in [4.78, 5) is 0. The van der Waals surface area contributed by atoms with Crippen LogP contribution in [0.3, 0.4) is 0 Å². The summed E-state index contributed by atoms with van der Waals surface area (Å²) in [6.07, 6.45) is 0. The topological polar surface area (TPSA) is 37.1 Å². The van der Waals surface area contributed by atoms with Crippen LogP contribution >= 0.6 is 64.0 Å². The van der Waals surface area contributed by atoms with Crippen molar-refractivity contribution in [1.29, 1.82) is 0 Å². The van der Waals surface area contributed by atoms with Gasteiger partial charge in [0.05, 0.1) is 0 Å². The minimum absolute atomic E-state index is 0.910. The predicted octanol–water partition coefficient (Wildman–Crippen LogP) is 7.61. The molecule has 0 saturated carbocycles. The van der Waals surface area contributed by atoms with E-state index in [4.69, 9.17) is 45.0 Å². The zero-order chi connectivity index (χ0) is 15.8. The number of rotatable bonds is 2. The summed E-state index contributed by atoms with van der Waals surface area (Å²) < 4.78 is 13.4. The fraction of sp³-hybridized carbons (Fsp3) is 0. The first-order chi connectivity index (χ1) is 10.3. The van der Waals surface area contributed by atoms with Crippen LogP contribution in [-0.2, 0) is 0 Å². The van der Waals surface area contributed by atoms with E-state index in [1.807, 2.05) is 60.7 Å². The summed E-state index contributed by atoms with van der Waals surface area (Å²) in [6.45, 7) is 0. The van der Waals surface area contributed by atoms with Gasteiger partial charge in [-0.1, -0.05) is 60.7 Å². The molecule has 0 unspecified atom stereocenters. The molecule has 0 N–H and O–H groups in total. The third-order valence-corrected chi connectivity index (χ3v) is 15.3. The molecule has 0 radical (unpaired) electrons. The average molecular weight is 431 g/mol. The lowest BCUT2D eigenvalue weighted by atomic mass is 10.4. The number of halogens is 4. The number of hydrogen-bond acceptors (Lipinski definition) is 3. The number of benzene rings is 2. The first-order valence-corrected chi connectivity index (χ1v) is 14.8. The van der Waals surface area contributed by atoms with Gasteiger partial charge in [0.25, 0.3) is 11.8 Å². The van der Waals surface area contributed by atoms with Gasteiger partial charge in [-0.3, -0.25) is 0 Å². The van der Waals surface area contributed by atoms with E-state index in [1.165, 1.54) is 0 Å². The van der Waals surface area contributed by atoms with Crippen LogP contribution < -0.4 is 10.6 Å². The molecule has 116 valence electrons. The average Bonchev–Trinajstić information content (AvgIpc) is 2.46. The van der Waals surface area contributed by atoms with Gasteiger partial charge in [0.2, 0.25) is 0 Å². The van der Waals surface area contributed by atoms with Crippen molar-refractivity contribution in [2.45, 2.75) is 0 Å². The third-order valence-electron chi connectivity index (χ3n) is 2.92. The molecule has 0 saturated heterocycles. The highest BCUT2D eigenvalue weighted by Gasteiger charge is 2.35. The standard InChI is InChI=1S/C12H10Cl4N3P3/c13-21(14)17-20(18-22(15,16)19-21,11-7-3-1-4-8-11)12-9-5-2-6-10-12/h1-10H. The highest BCUT2D eigenvalue weighted by molar-refractivity contribution is 8.21. The first kappa shape index (κ1) is 17.1. The van der Waals surface area contributed by atoms with Crippen LogP contribution in [0.1, 0.15) is 0 Å². The Morgan fingerprint density at radius 2 is 0.955 bits per heavy atom. The van der Waals surface area contributed by atoms with Crippen LogP contribution in [0.4, 0.5) is 0 Å². The Morgan fingerprint density at radius 1 is 0.545 bits per heavy atom. The lowest BCUT2D eigenvalue weighted by molar-refractivity contribution is 1.68. The summed E-state index contributed by atoms with van der Waals surface area (Å²) in [7, 11) is -2.61. The summed E-state index contributed by atoms with van der Waals surface area (Å²) in [5.41, 5.74) is 0. The quantitative estimate of drug-likeness (QED) is 0.439. The van der Waals surface area contributed by atoms with Gasteiger partial charge >= 0.3 is 0 Å². The Kier molecular flexibility index (Phi) is 4.91. The molecule has 3 nitrogen and oxygen atoms in total. The van der Waals surface area contributed by atoms with Crippen LogP contribution in [0.5, 0.6) is 0 Å². The van der Waals surface area contributed by atoms with E-state index in [0.717, 1.165) is 10.6 Å². The van der Waals surface area contributed by atoms with E-state index < -0.39 is 19.0 Å². The predicted molar refractivity (Wildman–Crippen MR) is 104 cm³/mol. The minimum Gasteiger partial charge on any atom is -0.204 e. The highest BCUT2D eigenvalue weighted by Crippen LogP contribution is 2.84. The molecule has 10 heteroatoms. The molecular weight excluding hydrogens is 421 g/mol. The molecule has 0 fully saturated rings. The monoisotopic (exact) mass is 429 g/mol. The Balaban J connectivity index is 2.45. The molecule has 0 aliphatic carbocycles. The maximum Gasteiger partial charge on any atom is 0.256 e. The second kappa shape index (κ2) is 6.30. The first-order valence-electron chi connectivity index (χ1n) is 6.14. The number of nitrogens with zero attached hydrogens (tertiary/aromatic N) is 3. The normalized spacial score (nSPS) is 21.1. The Labute approximate surface area is 148 Å². The van der Waals surface area contributed by atoms with E-state index in [-0.39, 0.29) is 0 Å². The van der Waals surface area contributed by atoms with Crippen molar-refractivity contribution in [2.24, 2.45) is 13.5 Å². The third kappa shape index (κ3) is 3.52. The molecule has 2 aromatic rings. The van der Waals surface area contributed by atoms with Crippen molar-refractivity contribution in [3.05, 3.63) is 60.7 Å². The molecule has 0 bridgehead atoms. The molecule has 2 aromatic carbocycles. The van der Waals surface area contributed by atoms with Gasteiger partial charge in [0.15, 0.2) is 0 Å². The largest absolute Gasteiger partial charge is 0.256 e. The van der Waals surface area contributed by atoms with Gasteiger partial charge in [-0.2, -0.15) is 4.52 Å². The maximum atomic E-state index is 6.31. The highest BCUT2D eigenvalue weighted by atomic mass is 35.9. The molecular formula is C12H10Cl4N3P3. The van der Waals surface area contributed by atoms with E-state index in [0.29, 0.717) is 0 Å². The van der Waals surface area contributed by atoms with E-state index in [2.05, 4.69) is 13.5 Å². The summed E-state index contributed by atoms with van der Waals surface area (Å²) >= 11 is 25.2. The van der Waals surface area contributed by atoms with E-state index >= 15 is 0 Å². The van der Waals surface area contributed by atoms with Crippen molar-refractivity contribution in [2.75, 3.05) is 0 Å². The zero-order valence-corrected chi connectivity index (χ0v) is 16.7. The SMILES string of the molecule is ClP1(Cl)=NP(Cl)(Cl)=NP(c2ccccc2)(c2ccccc2)=N1. The van der Waals surface area contributed by atoms with Crippen molar-refractivity contribution in [3.8, 4) is 0 Å². The zero-order valence-electron chi connectivity index (χ0n) is 11.0. The van der Waals surface area contributed by atoms with Gasteiger partial charge in [-0.25, -0.2) is 9.03 Å². The second-order valence-corrected chi connectivity index (χ2v) is 17.4. The van der Waals surface area contributed by atoms with Crippen molar-refractivity contribution in [1.82, 2.24) is 0 Å². The van der Waals surface area contributed by atoms with E-state index in [1.54, 1.807) is 0 Å². The van der Waals surface area contributed by atoms with Gasteiger partial charge in [0.1, 0.15) is 7.21 Å². The molecule has 3 rings (SSSR count). The molecule has 0 spiro atoms. The van der Waals surface area contributed by atoms with Crippen LogP contribution in [-0.4, -0.2) is 0 Å². The fourth-order valence-electron chi connectivity index (χ4n) is 2.12. The van der Waals surface area contributed by atoms with Gasteiger partial charge < -0.3 is 0 Å². The Morgan fingerprint density at radius 3 is 1.36 bits per heavy atom. The molecule has 0 amide bonds. The molecule has 1 aliphatic rings. The van der Waals surface area contributed by atoms with Gasteiger partial charge in [0, 0.05) is 10.6 Å². The van der Waals surface area contributed by atoms with Crippen molar-refractivity contribution >= 4 is 74.6 Å². The van der Waals surface area contributed by atoms with Crippen molar-refractivity contribution in [3.63, 3.8) is 0 Å². The van der Waals surface area contributed by atoms with Crippen molar-refractivity contribution < 1.29 is 0 Å². The summed E-state index contributed by atoms with van der Waals surface area (Å²) in [6, 6.07) is 19.3. The minimum atomic E-state index is -2.98. The molecule has 0 aromatic heterocycles. The maximum absolute atomic E-state index is 6.31. The molecule has 1 aliphatic heterocycles. The lowest BCUT2D eigenvalue weighted by Crippen LogP contribution is -2.14. The Hall–Kier alpha value is 0.290. The smallest absolute Gasteiger partial charge is 0.204 e. The van der Waals surface area contributed by atoms with Gasteiger partial charge in [-0.15, -0.1) is 0 Å². The Bertz CT molecular complexity index is 805. The number of hydrogen-bond donors (Lipinski definition) is 0. The fourth-order valence-corrected chi connectivity index (χ4v) is 18.5.